The molecule has 1 rings (SSSR count). The molecule has 2 N–H and O–H groups in total. The maximum Gasteiger partial charge on any atom is 0.267 e. The molecule has 0 aromatic carbocycles. The average molecular weight is 211 g/mol. The first-order valence-corrected chi connectivity index (χ1v) is 4.01. The molecular formula is C9H7F2N3O. The number of aldehydes is 1. The van der Waals surface area contributed by atoms with E-state index in [4.69, 9.17) is 11.0 Å². The van der Waals surface area contributed by atoms with Crippen LogP contribution >= 0.6 is 0 Å². The van der Waals surface area contributed by atoms with Gasteiger partial charge in [-0.2, -0.15) is 5.26 Å². The van der Waals surface area contributed by atoms with E-state index in [0.717, 1.165) is 6.07 Å². The summed E-state index contributed by atoms with van der Waals surface area (Å²) < 4.78 is 25.0. The van der Waals surface area contributed by atoms with E-state index >= 15 is 0 Å². The van der Waals surface area contributed by atoms with Crippen molar-refractivity contribution in [2.24, 2.45) is 5.73 Å². The molecule has 0 fully saturated rings. The molecule has 78 valence electrons. The summed E-state index contributed by atoms with van der Waals surface area (Å²) in [4.78, 5) is 14.1. The molecule has 4 nitrogen and oxygen atoms in total. The molecule has 6 heteroatoms. The van der Waals surface area contributed by atoms with Gasteiger partial charge in [0.2, 0.25) is 0 Å². The molecule has 0 aliphatic rings. The topological polar surface area (TPSA) is 79.8 Å². The van der Waals surface area contributed by atoms with E-state index in [-0.39, 0.29) is 24.1 Å². The third kappa shape index (κ3) is 2.14. The third-order valence-corrected chi connectivity index (χ3v) is 1.80. The zero-order chi connectivity index (χ0) is 11.4. The first kappa shape index (κ1) is 11.2. The SMILES string of the molecule is N#Cc1cc(CN)nc(C=O)c1C(F)F. The maximum atomic E-state index is 12.5. The standard InChI is InChI=1S/C9H7F2N3O/c10-9(11)8-5(2-12)1-6(3-13)14-7(8)4-15/h1,4,9H,3,13H2. The lowest BCUT2D eigenvalue weighted by Gasteiger charge is -2.07. The van der Waals surface area contributed by atoms with E-state index < -0.39 is 17.7 Å². The minimum Gasteiger partial charge on any atom is -0.325 e. The highest BCUT2D eigenvalue weighted by atomic mass is 19.3. The number of nitrogens with two attached hydrogens (primary N) is 1. The Bertz CT molecular complexity index is 426. The molecule has 0 saturated carbocycles. The summed E-state index contributed by atoms with van der Waals surface area (Å²) in [6.07, 6.45) is -2.71. The van der Waals surface area contributed by atoms with Gasteiger partial charge in [0.05, 0.1) is 22.9 Å². The van der Waals surface area contributed by atoms with Crippen LogP contribution in [0.2, 0.25) is 0 Å². The summed E-state index contributed by atoms with van der Waals surface area (Å²) in [7, 11) is 0. The van der Waals surface area contributed by atoms with Gasteiger partial charge >= 0.3 is 0 Å². The molecule has 0 saturated heterocycles. The van der Waals surface area contributed by atoms with Gasteiger partial charge in [-0.15, -0.1) is 0 Å². The number of pyridine rings is 1. The smallest absolute Gasteiger partial charge is 0.267 e. The van der Waals surface area contributed by atoms with E-state index in [1.54, 1.807) is 6.07 Å². The number of carbonyl (C=O) groups is 1. The van der Waals surface area contributed by atoms with E-state index in [2.05, 4.69) is 4.98 Å². The number of nitrogens with zero attached hydrogens (tertiary/aromatic N) is 2. The zero-order valence-electron chi connectivity index (χ0n) is 7.58. The van der Waals surface area contributed by atoms with Crippen molar-refractivity contribution in [3.05, 3.63) is 28.6 Å². The molecule has 0 unspecified atom stereocenters. The van der Waals surface area contributed by atoms with Crippen LogP contribution in [0.15, 0.2) is 6.07 Å². The Kier molecular flexibility index (Phi) is 3.42. The van der Waals surface area contributed by atoms with Crippen LogP contribution < -0.4 is 5.73 Å². The Hall–Kier alpha value is -1.87. The summed E-state index contributed by atoms with van der Waals surface area (Å²) >= 11 is 0. The second kappa shape index (κ2) is 4.57. The molecule has 0 amide bonds. The monoisotopic (exact) mass is 211 g/mol. The number of carbonyl (C=O) groups excluding carboxylic acids is 1. The number of halogens is 2. The molecule has 15 heavy (non-hydrogen) atoms. The van der Waals surface area contributed by atoms with Crippen LogP contribution in [0, 0.1) is 11.3 Å². The van der Waals surface area contributed by atoms with Gasteiger partial charge in [-0.25, -0.2) is 13.8 Å². The van der Waals surface area contributed by atoms with Gasteiger partial charge in [0.1, 0.15) is 5.69 Å². The lowest BCUT2D eigenvalue weighted by atomic mass is 10.1. The minimum absolute atomic E-state index is 0.0148. The van der Waals surface area contributed by atoms with Gasteiger partial charge in [-0.05, 0) is 6.07 Å². The summed E-state index contributed by atoms with van der Waals surface area (Å²) in [5.41, 5.74) is 4.16. The van der Waals surface area contributed by atoms with Crippen molar-refractivity contribution < 1.29 is 13.6 Å². The quantitative estimate of drug-likeness (QED) is 0.761. The predicted molar refractivity (Wildman–Crippen MR) is 47.2 cm³/mol. The van der Waals surface area contributed by atoms with Crippen LogP contribution in [-0.4, -0.2) is 11.3 Å². The molecule has 0 bridgehead atoms. The summed E-state index contributed by atoms with van der Waals surface area (Å²) in [5, 5.41) is 8.64. The van der Waals surface area contributed by atoms with Gasteiger partial charge < -0.3 is 5.73 Å². The highest BCUT2D eigenvalue weighted by molar-refractivity contribution is 5.76. The summed E-state index contributed by atoms with van der Waals surface area (Å²) in [6.45, 7) is -0.0148. The van der Waals surface area contributed by atoms with Gasteiger partial charge in [-0.3, -0.25) is 4.79 Å². The van der Waals surface area contributed by atoms with E-state index in [9.17, 15) is 13.6 Å². The predicted octanol–water partition coefficient (Wildman–Crippen LogP) is 1.16. The molecule has 0 aliphatic heterocycles. The Balaban J connectivity index is 3.48. The lowest BCUT2D eigenvalue weighted by Crippen LogP contribution is -2.07. The summed E-state index contributed by atoms with van der Waals surface area (Å²) in [5.74, 6) is 0. The molecule has 0 atom stereocenters. The van der Waals surface area contributed by atoms with Gasteiger partial charge in [0.25, 0.3) is 6.43 Å². The van der Waals surface area contributed by atoms with Crippen LogP contribution in [0.3, 0.4) is 0 Å². The minimum atomic E-state index is -2.90. The molecular weight excluding hydrogens is 204 g/mol. The molecule has 0 aliphatic carbocycles. The zero-order valence-corrected chi connectivity index (χ0v) is 7.58. The number of hydrogen-bond donors (Lipinski definition) is 1. The lowest BCUT2D eigenvalue weighted by molar-refractivity contribution is 0.110. The van der Waals surface area contributed by atoms with E-state index in [1.807, 2.05) is 0 Å². The Morgan fingerprint density at radius 3 is 2.73 bits per heavy atom. The van der Waals surface area contributed by atoms with Crippen molar-refractivity contribution in [2.75, 3.05) is 0 Å². The van der Waals surface area contributed by atoms with Crippen LogP contribution in [-0.2, 0) is 6.54 Å². The van der Waals surface area contributed by atoms with Crippen molar-refractivity contribution >= 4 is 6.29 Å². The number of alkyl halides is 2. The van der Waals surface area contributed by atoms with Crippen LogP contribution in [0.25, 0.3) is 0 Å². The van der Waals surface area contributed by atoms with Gasteiger partial charge in [0, 0.05) is 6.54 Å². The van der Waals surface area contributed by atoms with Crippen LogP contribution in [0.4, 0.5) is 8.78 Å². The van der Waals surface area contributed by atoms with Crippen LogP contribution in [0.1, 0.15) is 33.7 Å². The third-order valence-electron chi connectivity index (χ3n) is 1.80. The molecule has 0 spiro atoms. The second-order valence-corrected chi connectivity index (χ2v) is 2.69. The molecule has 1 heterocycles. The largest absolute Gasteiger partial charge is 0.325 e. The average Bonchev–Trinajstić information content (AvgIpc) is 2.26. The fourth-order valence-electron chi connectivity index (χ4n) is 1.15. The fraction of sp³-hybridized carbons (Fsp3) is 0.222. The normalized spacial score (nSPS) is 10.1. The first-order chi connectivity index (χ1) is 7.13. The number of hydrogen-bond acceptors (Lipinski definition) is 4. The first-order valence-electron chi connectivity index (χ1n) is 4.01. The van der Waals surface area contributed by atoms with Gasteiger partial charge in [-0.1, -0.05) is 0 Å². The fourth-order valence-corrected chi connectivity index (χ4v) is 1.15. The molecule has 1 aromatic heterocycles. The number of aromatic nitrogens is 1. The van der Waals surface area contributed by atoms with Crippen LogP contribution in [0.5, 0.6) is 0 Å². The Morgan fingerprint density at radius 1 is 1.67 bits per heavy atom. The maximum absolute atomic E-state index is 12.5. The van der Waals surface area contributed by atoms with Gasteiger partial charge in [0.15, 0.2) is 6.29 Å². The number of rotatable bonds is 3. The van der Waals surface area contributed by atoms with E-state index in [0.29, 0.717) is 0 Å². The van der Waals surface area contributed by atoms with Crippen molar-refractivity contribution in [1.29, 1.82) is 5.26 Å². The Morgan fingerprint density at radius 2 is 2.33 bits per heavy atom. The van der Waals surface area contributed by atoms with Crippen molar-refractivity contribution in [3.63, 3.8) is 0 Å². The highest BCUT2D eigenvalue weighted by Crippen LogP contribution is 2.25. The van der Waals surface area contributed by atoms with Crippen molar-refractivity contribution in [3.8, 4) is 6.07 Å². The van der Waals surface area contributed by atoms with Crippen molar-refractivity contribution in [1.82, 2.24) is 4.98 Å². The van der Waals surface area contributed by atoms with E-state index in [1.165, 1.54) is 0 Å². The molecule has 0 radical (unpaired) electrons. The molecule has 1 aromatic rings. The van der Waals surface area contributed by atoms with Crippen molar-refractivity contribution in [2.45, 2.75) is 13.0 Å². The summed E-state index contributed by atoms with van der Waals surface area (Å²) in [6, 6.07) is 2.75. The highest BCUT2D eigenvalue weighted by Gasteiger charge is 2.20. The number of nitriles is 1. The Labute approximate surface area is 84.3 Å². The second-order valence-electron chi connectivity index (χ2n) is 2.69.